The molecule has 0 spiro atoms. The number of benzene rings is 1. The Morgan fingerprint density at radius 3 is 2.52 bits per heavy atom. The Kier molecular flexibility index (Phi) is 5.78. The van der Waals surface area contributed by atoms with Crippen molar-refractivity contribution in [3.8, 4) is 0 Å². The SMILES string of the molecule is CC(C)CN(C(=O)c1cc(Cl)c(Cl)cc1Cl)C1CCNC1. The molecule has 1 atom stereocenters. The number of carbonyl (C=O) groups excluding carboxylic acids is 1. The van der Waals surface area contributed by atoms with Crippen molar-refractivity contribution in [2.75, 3.05) is 19.6 Å². The minimum absolute atomic E-state index is 0.0824. The van der Waals surface area contributed by atoms with E-state index in [4.69, 9.17) is 34.8 Å². The predicted molar refractivity (Wildman–Crippen MR) is 88.6 cm³/mol. The van der Waals surface area contributed by atoms with Crippen molar-refractivity contribution in [1.29, 1.82) is 0 Å². The van der Waals surface area contributed by atoms with Crippen LogP contribution in [0.5, 0.6) is 0 Å². The van der Waals surface area contributed by atoms with Gasteiger partial charge in [0.1, 0.15) is 0 Å². The topological polar surface area (TPSA) is 32.3 Å². The van der Waals surface area contributed by atoms with E-state index in [1.807, 2.05) is 4.90 Å². The highest BCUT2D eigenvalue weighted by atomic mass is 35.5. The van der Waals surface area contributed by atoms with Gasteiger partial charge < -0.3 is 10.2 Å². The van der Waals surface area contributed by atoms with E-state index >= 15 is 0 Å². The fraction of sp³-hybridized carbons (Fsp3) is 0.533. The molecule has 1 fully saturated rings. The smallest absolute Gasteiger partial charge is 0.255 e. The fourth-order valence-corrected chi connectivity index (χ4v) is 3.17. The highest BCUT2D eigenvalue weighted by molar-refractivity contribution is 6.44. The van der Waals surface area contributed by atoms with Gasteiger partial charge in [0.05, 0.1) is 20.6 Å². The fourth-order valence-electron chi connectivity index (χ4n) is 2.54. The van der Waals surface area contributed by atoms with Gasteiger partial charge in [-0.3, -0.25) is 4.79 Å². The highest BCUT2D eigenvalue weighted by Gasteiger charge is 2.29. The van der Waals surface area contributed by atoms with Crippen molar-refractivity contribution < 1.29 is 4.79 Å². The van der Waals surface area contributed by atoms with Crippen molar-refractivity contribution in [2.24, 2.45) is 5.92 Å². The van der Waals surface area contributed by atoms with Gasteiger partial charge in [-0.25, -0.2) is 0 Å². The molecule has 1 aromatic carbocycles. The number of rotatable bonds is 4. The summed E-state index contributed by atoms with van der Waals surface area (Å²) >= 11 is 18.1. The second-order valence-corrected chi connectivity index (χ2v) is 6.97. The zero-order chi connectivity index (χ0) is 15.6. The number of hydrogen-bond donors (Lipinski definition) is 1. The quantitative estimate of drug-likeness (QED) is 0.830. The van der Waals surface area contributed by atoms with Crippen LogP contribution in [0.2, 0.25) is 15.1 Å². The number of carbonyl (C=O) groups is 1. The van der Waals surface area contributed by atoms with Gasteiger partial charge in [0.15, 0.2) is 0 Å². The molecule has 116 valence electrons. The van der Waals surface area contributed by atoms with Gasteiger partial charge in [0, 0.05) is 19.1 Å². The van der Waals surface area contributed by atoms with E-state index in [2.05, 4.69) is 19.2 Å². The van der Waals surface area contributed by atoms with Gasteiger partial charge in [-0.05, 0) is 31.0 Å². The van der Waals surface area contributed by atoms with Crippen LogP contribution < -0.4 is 5.32 Å². The van der Waals surface area contributed by atoms with E-state index in [-0.39, 0.29) is 11.9 Å². The number of hydrogen-bond acceptors (Lipinski definition) is 2. The molecule has 0 aromatic heterocycles. The number of amides is 1. The highest BCUT2D eigenvalue weighted by Crippen LogP contribution is 2.30. The summed E-state index contributed by atoms with van der Waals surface area (Å²) in [5.74, 6) is 0.303. The largest absolute Gasteiger partial charge is 0.334 e. The summed E-state index contributed by atoms with van der Waals surface area (Å²) in [5, 5.41) is 4.34. The van der Waals surface area contributed by atoms with Gasteiger partial charge in [-0.1, -0.05) is 48.7 Å². The number of halogens is 3. The van der Waals surface area contributed by atoms with Crippen LogP contribution in [-0.2, 0) is 0 Å². The van der Waals surface area contributed by atoms with Crippen molar-refractivity contribution in [3.63, 3.8) is 0 Å². The summed E-state index contributed by atoms with van der Waals surface area (Å²) in [5.41, 5.74) is 0.415. The van der Waals surface area contributed by atoms with Gasteiger partial charge in [-0.2, -0.15) is 0 Å². The van der Waals surface area contributed by atoms with Gasteiger partial charge >= 0.3 is 0 Å². The maximum absolute atomic E-state index is 12.9. The van der Waals surface area contributed by atoms with Gasteiger partial charge in [-0.15, -0.1) is 0 Å². The average Bonchev–Trinajstić information content (AvgIpc) is 2.93. The molecule has 1 unspecified atom stereocenters. The summed E-state index contributed by atoms with van der Waals surface area (Å²) in [6, 6.07) is 3.29. The number of nitrogens with zero attached hydrogens (tertiary/aromatic N) is 1. The second kappa shape index (κ2) is 7.19. The summed E-state index contributed by atoms with van der Waals surface area (Å²) in [6.07, 6.45) is 0.956. The summed E-state index contributed by atoms with van der Waals surface area (Å²) in [6.45, 7) is 6.64. The predicted octanol–water partition coefficient (Wildman–Crippen LogP) is 4.11. The Morgan fingerprint density at radius 2 is 1.95 bits per heavy atom. The van der Waals surface area contributed by atoms with Crippen LogP contribution in [0.15, 0.2) is 12.1 Å². The zero-order valence-corrected chi connectivity index (χ0v) is 14.4. The lowest BCUT2D eigenvalue weighted by Gasteiger charge is -2.30. The van der Waals surface area contributed by atoms with Crippen LogP contribution in [0.25, 0.3) is 0 Å². The lowest BCUT2D eigenvalue weighted by atomic mass is 10.1. The summed E-state index contributed by atoms with van der Waals surface area (Å²) in [4.78, 5) is 14.8. The lowest BCUT2D eigenvalue weighted by Crippen LogP contribution is -2.43. The molecule has 2 rings (SSSR count). The Hall–Kier alpha value is -0.480. The van der Waals surface area contributed by atoms with Gasteiger partial charge in [0.25, 0.3) is 5.91 Å². The zero-order valence-electron chi connectivity index (χ0n) is 12.1. The minimum atomic E-state index is -0.0824. The van der Waals surface area contributed by atoms with Crippen LogP contribution in [0.4, 0.5) is 0 Å². The molecule has 1 aliphatic rings. The van der Waals surface area contributed by atoms with Crippen molar-refractivity contribution >= 4 is 40.7 Å². The standard InChI is InChI=1S/C15H19Cl3N2O/c1-9(2)8-20(10-3-4-19-7-10)15(21)11-5-13(17)14(18)6-12(11)16/h5-6,9-10,19H,3-4,7-8H2,1-2H3. The normalized spacial score (nSPS) is 18.3. The van der Waals surface area contributed by atoms with Crippen LogP contribution >= 0.6 is 34.8 Å². The molecule has 1 aromatic rings. The molecule has 21 heavy (non-hydrogen) atoms. The first-order chi connectivity index (χ1) is 9.90. The Morgan fingerprint density at radius 1 is 1.29 bits per heavy atom. The van der Waals surface area contributed by atoms with E-state index in [1.165, 1.54) is 6.07 Å². The molecule has 0 aliphatic carbocycles. The van der Waals surface area contributed by atoms with E-state index in [9.17, 15) is 4.79 Å². The Balaban J connectivity index is 2.31. The first-order valence-corrected chi connectivity index (χ1v) is 8.19. The summed E-state index contributed by atoms with van der Waals surface area (Å²) in [7, 11) is 0. The molecule has 0 bridgehead atoms. The lowest BCUT2D eigenvalue weighted by molar-refractivity contribution is 0.0667. The van der Waals surface area contributed by atoms with E-state index in [0.29, 0.717) is 33.1 Å². The molecule has 1 heterocycles. The average molecular weight is 350 g/mol. The van der Waals surface area contributed by atoms with Crippen LogP contribution in [0.1, 0.15) is 30.6 Å². The van der Waals surface area contributed by atoms with Crippen LogP contribution in [0, 0.1) is 5.92 Å². The van der Waals surface area contributed by atoms with E-state index in [1.54, 1.807) is 6.07 Å². The third-order valence-corrected chi connectivity index (χ3v) is 4.57. The van der Waals surface area contributed by atoms with Crippen molar-refractivity contribution in [1.82, 2.24) is 10.2 Å². The second-order valence-electron chi connectivity index (χ2n) is 5.74. The molecule has 0 saturated carbocycles. The van der Waals surface area contributed by atoms with Crippen LogP contribution in [-0.4, -0.2) is 36.5 Å². The molecule has 0 radical (unpaired) electrons. The van der Waals surface area contributed by atoms with E-state index < -0.39 is 0 Å². The molecule has 1 saturated heterocycles. The third kappa shape index (κ3) is 4.04. The van der Waals surface area contributed by atoms with Crippen molar-refractivity contribution in [2.45, 2.75) is 26.3 Å². The monoisotopic (exact) mass is 348 g/mol. The number of nitrogens with one attached hydrogen (secondary N) is 1. The Bertz CT molecular complexity index is 528. The summed E-state index contributed by atoms with van der Waals surface area (Å²) < 4.78 is 0. The molecule has 3 nitrogen and oxygen atoms in total. The molecule has 1 amide bonds. The van der Waals surface area contributed by atoms with Crippen molar-refractivity contribution in [3.05, 3.63) is 32.8 Å². The molecule has 1 aliphatic heterocycles. The maximum atomic E-state index is 12.9. The minimum Gasteiger partial charge on any atom is -0.334 e. The molecular weight excluding hydrogens is 331 g/mol. The van der Waals surface area contributed by atoms with E-state index in [0.717, 1.165) is 19.5 Å². The molecule has 6 heteroatoms. The molecule has 1 N–H and O–H groups in total. The first kappa shape index (κ1) is 16.9. The Labute approximate surface area is 140 Å². The maximum Gasteiger partial charge on any atom is 0.255 e. The third-order valence-electron chi connectivity index (χ3n) is 3.54. The molecular formula is C15H19Cl3N2O. The van der Waals surface area contributed by atoms with Crippen LogP contribution in [0.3, 0.4) is 0 Å². The first-order valence-electron chi connectivity index (χ1n) is 7.06. The van der Waals surface area contributed by atoms with Gasteiger partial charge in [0.2, 0.25) is 0 Å².